The van der Waals surface area contributed by atoms with Gasteiger partial charge >= 0.3 is 12.3 Å². The van der Waals surface area contributed by atoms with Crippen LogP contribution in [0.4, 0.5) is 18.0 Å². The molecule has 0 unspecified atom stereocenters. The normalized spacial score (nSPS) is 11.0. The van der Waals surface area contributed by atoms with Crippen LogP contribution in [0.25, 0.3) is 0 Å². The maximum Gasteiger partial charge on any atom is 0.416 e. The molecular weight excluding hydrogens is 351 g/mol. The Labute approximate surface area is 148 Å². The molecule has 0 saturated heterocycles. The topological polar surface area (TPSA) is 48.0 Å². The van der Waals surface area contributed by atoms with E-state index < -0.39 is 17.8 Å². The van der Waals surface area contributed by atoms with Gasteiger partial charge in [-0.05, 0) is 36.4 Å². The molecule has 0 aliphatic carbocycles. The summed E-state index contributed by atoms with van der Waals surface area (Å²) in [6, 6.07) is 11.0. The average molecular weight is 369 g/mol. The fraction of sp³-hybridized carbons (Fsp3) is 0.278. The van der Waals surface area contributed by atoms with Gasteiger partial charge < -0.3 is 19.1 Å². The molecule has 0 aliphatic heterocycles. The zero-order valence-electron chi connectivity index (χ0n) is 14.2. The molecule has 5 nitrogen and oxygen atoms in total. The van der Waals surface area contributed by atoms with Crippen molar-refractivity contribution in [2.75, 3.05) is 27.3 Å². The molecule has 0 aromatic heterocycles. The summed E-state index contributed by atoms with van der Waals surface area (Å²) in [4.78, 5) is 12.9. The molecule has 26 heavy (non-hydrogen) atoms. The second-order valence-electron chi connectivity index (χ2n) is 5.43. The fourth-order valence-electron chi connectivity index (χ4n) is 1.89. The van der Waals surface area contributed by atoms with E-state index in [-0.39, 0.29) is 19.0 Å². The number of nitrogens with zero attached hydrogens (tertiary/aromatic N) is 1. The average Bonchev–Trinajstić information content (AvgIpc) is 2.59. The van der Waals surface area contributed by atoms with Gasteiger partial charge in [0.05, 0.1) is 5.56 Å². The van der Waals surface area contributed by atoms with Gasteiger partial charge in [0.2, 0.25) is 0 Å². The lowest BCUT2D eigenvalue weighted by atomic mass is 10.2. The molecule has 0 N–H and O–H groups in total. The van der Waals surface area contributed by atoms with E-state index in [9.17, 15) is 18.0 Å². The molecule has 0 fully saturated rings. The van der Waals surface area contributed by atoms with Crippen LogP contribution in [0.3, 0.4) is 0 Å². The molecule has 2 aromatic carbocycles. The number of alkyl halides is 3. The summed E-state index contributed by atoms with van der Waals surface area (Å²) < 4.78 is 53.5. The van der Waals surface area contributed by atoms with Crippen LogP contribution in [0.1, 0.15) is 5.56 Å². The second-order valence-corrected chi connectivity index (χ2v) is 5.43. The Kier molecular flexibility index (Phi) is 6.32. The third kappa shape index (κ3) is 5.58. The highest BCUT2D eigenvalue weighted by molar-refractivity contribution is 5.71. The predicted molar refractivity (Wildman–Crippen MR) is 88.6 cm³/mol. The van der Waals surface area contributed by atoms with Crippen molar-refractivity contribution in [3.05, 3.63) is 54.1 Å². The van der Waals surface area contributed by atoms with Crippen LogP contribution < -0.4 is 14.2 Å². The first-order chi connectivity index (χ1) is 12.3. The zero-order valence-corrected chi connectivity index (χ0v) is 14.2. The first-order valence-corrected chi connectivity index (χ1v) is 7.68. The number of para-hydroxylation sites is 2. The first-order valence-electron chi connectivity index (χ1n) is 7.68. The van der Waals surface area contributed by atoms with Crippen molar-refractivity contribution >= 4 is 6.09 Å². The molecule has 0 bridgehead atoms. The van der Waals surface area contributed by atoms with Crippen LogP contribution >= 0.6 is 0 Å². The summed E-state index contributed by atoms with van der Waals surface area (Å²) in [6.45, 7) is 0.235. The molecule has 8 heteroatoms. The van der Waals surface area contributed by atoms with Crippen LogP contribution in [-0.4, -0.2) is 38.3 Å². The molecule has 2 rings (SSSR count). The van der Waals surface area contributed by atoms with Crippen LogP contribution in [0.5, 0.6) is 17.2 Å². The molecule has 2 aromatic rings. The number of rotatable bonds is 6. The number of hydrogen-bond donors (Lipinski definition) is 0. The van der Waals surface area contributed by atoms with Gasteiger partial charge in [0.25, 0.3) is 0 Å². The van der Waals surface area contributed by atoms with E-state index in [1.165, 1.54) is 17.0 Å². The van der Waals surface area contributed by atoms with Gasteiger partial charge in [-0.2, -0.15) is 13.2 Å². The lowest BCUT2D eigenvalue weighted by molar-refractivity contribution is -0.137. The molecule has 0 heterocycles. The zero-order chi connectivity index (χ0) is 19.2. The van der Waals surface area contributed by atoms with Crippen LogP contribution in [-0.2, 0) is 6.18 Å². The quantitative estimate of drug-likeness (QED) is 0.716. The lowest BCUT2D eigenvalue weighted by Gasteiger charge is -2.14. The van der Waals surface area contributed by atoms with Crippen LogP contribution in [0, 0.1) is 0 Å². The van der Waals surface area contributed by atoms with Crippen molar-refractivity contribution in [2.24, 2.45) is 0 Å². The fourth-order valence-corrected chi connectivity index (χ4v) is 1.89. The van der Waals surface area contributed by atoms with E-state index in [1.807, 2.05) is 0 Å². The predicted octanol–water partition coefficient (Wildman–Crippen LogP) is 4.22. The molecule has 0 atom stereocenters. The monoisotopic (exact) mass is 369 g/mol. The molecule has 0 spiro atoms. The van der Waals surface area contributed by atoms with Crippen LogP contribution in [0.2, 0.25) is 0 Å². The molecule has 0 radical (unpaired) electrons. The summed E-state index contributed by atoms with van der Waals surface area (Å²) in [5.41, 5.74) is -0.738. The Morgan fingerprint density at radius 2 is 1.50 bits per heavy atom. The highest BCUT2D eigenvalue weighted by Crippen LogP contribution is 2.30. The van der Waals surface area contributed by atoms with Crippen molar-refractivity contribution in [2.45, 2.75) is 6.18 Å². The first kappa shape index (κ1) is 19.4. The highest BCUT2D eigenvalue weighted by atomic mass is 19.4. The van der Waals surface area contributed by atoms with Gasteiger partial charge in [0.1, 0.15) is 19.0 Å². The SMILES string of the molecule is CN(C)C(=O)Oc1ccccc1OCCOc1ccc(C(F)(F)F)cc1. The van der Waals surface area contributed by atoms with Crippen molar-refractivity contribution in [1.82, 2.24) is 4.90 Å². The number of benzene rings is 2. The Morgan fingerprint density at radius 1 is 0.923 bits per heavy atom. The minimum absolute atomic E-state index is 0.112. The number of carbonyl (C=O) groups is 1. The highest BCUT2D eigenvalue weighted by Gasteiger charge is 2.30. The third-order valence-corrected chi connectivity index (χ3v) is 3.20. The van der Waals surface area contributed by atoms with Gasteiger partial charge in [-0.1, -0.05) is 12.1 Å². The maximum atomic E-state index is 12.5. The van der Waals surface area contributed by atoms with E-state index in [4.69, 9.17) is 14.2 Å². The Hall–Kier alpha value is -2.90. The van der Waals surface area contributed by atoms with Gasteiger partial charge in [0.15, 0.2) is 11.5 Å². The number of halogens is 3. The third-order valence-electron chi connectivity index (χ3n) is 3.20. The van der Waals surface area contributed by atoms with E-state index in [2.05, 4.69) is 0 Å². The van der Waals surface area contributed by atoms with Gasteiger partial charge in [-0.25, -0.2) is 4.79 Å². The van der Waals surface area contributed by atoms with Gasteiger partial charge in [-0.15, -0.1) is 0 Å². The van der Waals surface area contributed by atoms with Crippen molar-refractivity contribution in [3.8, 4) is 17.2 Å². The summed E-state index contributed by atoms with van der Waals surface area (Å²) in [5.74, 6) is 0.924. The number of hydrogen-bond acceptors (Lipinski definition) is 4. The maximum absolute atomic E-state index is 12.5. The Morgan fingerprint density at radius 3 is 2.08 bits per heavy atom. The van der Waals surface area contributed by atoms with E-state index in [0.29, 0.717) is 11.5 Å². The second kappa shape index (κ2) is 8.46. The van der Waals surface area contributed by atoms with E-state index in [1.54, 1.807) is 38.4 Å². The summed E-state index contributed by atoms with van der Waals surface area (Å²) in [5, 5.41) is 0. The molecule has 140 valence electrons. The van der Waals surface area contributed by atoms with E-state index in [0.717, 1.165) is 12.1 Å². The smallest absolute Gasteiger partial charge is 0.416 e. The molecule has 1 amide bonds. The summed E-state index contributed by atoms with van der Waals surface area (Å²) in [6.07, 6.45) is -4.92. The van der Waals surface area contributed by atoms with E-state index >= 15 is 0 Å². The molecule has 0 saturated carbocycles. The van der Waals surface area contributed by atoms with Gasteiger partial charge in [0, 0.05) is 14.1 Å². The lowest BCUT2D eigenvalue weighted by Crippen LogP contribution is -2.25. The number of amides is 1. The van der Waals surface area contributed by atoms with Crippen molar-refractivity contribution in [1.29, 1.82) is 0 Å². The number of ether oxygens (including phenoxy) is 3. The van der Waals surface area contributed by atoms with Crippen LogP contribution in [0.15, 0.2) is 48.5 Å². The summed E-state index contributed by atoms with van der Waals surface area (Å²) in [7, 11) is 3.12. The molecule has 0 aliphatic rings. The van der Waals surface area contributed by atoms with Gasteiger partial charge in [-0.3, -0.25) is 0 Å². The minimum Gasteiger partial charge on any atom is -0.490 e. The summed E-state index contributed by atoms with van der Waals surface area (Å²) >= 11 is 0. The molecular formula is C18H18F3NO4. The Bertz CT molecular complexity index is 730. The van der Waals surface area contributed by atoms with Crippen molar-refractivity contribution < 1.29 is 32.2 Å². The largest absolute Gasteiger partial charge is 0.490 e. The van der Waals surface area contributed by atoms with Crippen molar-refractivity contribution in [3.63, 3.8) is 0 Å². The Balaban J connectivity index is 1.86. The standard InChI is InChI=1S/C18H18F3NO4/c1-22(2)17(23)26-16-6-4-3-5-15(16)25-12-11-24-14-9-7-13(8-10-14)18(19,20)21/h3-10H,11-12H2,1-2H3. The minimum atomic E-state index is -4.38. The number of carbonyl (C=O) groups excluding carboxylic acids is 1.